The van der Waals surface area contributed by atoms with Crippen LogP contribution in [0.25, 0.3) is 0 Å². The normalized spacial score (nSPS) is 22.8. The molecule has 1 fully saturated rings. The van der Waals surface area contributed by atoms with Crippen LogP contribution in [0.3, 0.4) is 0 Å². The summed E-state index contributed by atoms with van der Waals surface area (Å²) in [6.07, 6.45) is 3.80. The molecule has 0 aromatic heterocycles. The number of thioether (sulfide) groups is 1. The first-order valence-corrected chi connectivity index (χ1v) is 6.99. The highest BCUT2D eigenvalue weighted by atomic mass is 32.2. The van der Waals surface area contributed by atoms with E-state index < -0.39 is 0 Å². The predicted octanol–water partition coefficient (Wildman–Crippen LogP) is 2.64. The van der Waals surface area contributed by atoms with Gasteiger partial charge in [0.25, 0.3) is 0 Å². The lowest BCUT2D eigenvalue weighted by Gasteiger charge is -2.23. The van der Waals surface area contributed by atoms with Crippen LogP contribution in [-0.2, 0) is 0 Å². The molecule has 1 aliphatic heterocycles. The minimum atomic E-state index is 0.540. The van der Waals surface area contributed by atoms with Crippen LogP contribution in [0.1, 0.15) is 24.8 Å². The molecule has 1 N–H and O–H groups in total. The highest BCUT2D eigenvalue weighted by Crippen LogP contribution is 2.24. The summed E-state index contributed by atoms with van der Waals surface area (Å²) >= 11 is 1.75. The Hall–Kier alpha value is -1.29. The molecule has 3 rings (SSSR count). The molecule has 0 saturated heterocycles. The fourth-order valence-electron chi connectivity index (χ4n) is 1.84. The number of hydrogen-bond donors (Lipinski definition) is 1. The van der Waals surface area contributed by atoms with E-state index in [9.17, 15) is 0 Å². The third-order valence-corrected chi connectivity index (χ3v) is 4.00. The van der Waals surface area contributed by atoms with Gasteiger partial charge < -0.3 is 0 Å². The van der Waals surface area contributed by atoms with Gasteiger partial charge >= 0.3 is 0 Å². The Morgan fingerprint density at radius 3 is 2.65 bits per heavy atom. The minimum absolute atomic E-state index is 0.540. The maximum absolute atomic E-state index is 4.63. The van der Waals surface area contributed by atoms with Gasteiger partial charge in [-0.3, -0.25) is 10.4 Å². The van der Waals surface area contributed by atoms with Gasteiger partial charge in [0.05, 0.1) is 11.8 Å². The van der Waals surface area contributed by atoms with Crippen LogP contribution >= 0.6 is 11.8 Å². The van der Waals surface area contributed by atoms with E-state index in [1.165, 1.54) is 24.8 Å². The van der Waals surface area contributed by atoms with Crippen LogP contribution in [0, 0.1) is 0 Å². The second-order valence-corrected chi connectivity index (χ2v) is 5.31. The van der Waals surface area contributed by atoms with Crippen molar-refractivity contribution in [2.45, 2.75) is 25.3 Å². The standard InChI is InChI=1S/C13H15N3S/c1-2-5-10(6-3-1)12-9-17-13(16-15-12)14-11-7-4-8-11/h1-3,5-6,11H,4,7-9H2,(H,14,16). The molecule has 0 spiro atoms. The van der Waals surface area contributed by atoms with Crippen molar-refractivity contribution >= 4 is 22.6 Å². The summed E-state index contributed by atoms with van der Waals surface area (Å²) in [7, 11) is 0. The average Bonchev–Trinajstić information content (AvgIpc) is 2.36. The van der Waals surface area contributed by atoms with Crippen molar-refractivity contribution in [3.05, 3.63) is 35.9 Å². The third kappa shape index (κ3) is 2.52. The topological polar surface area (TPSA) is 36.8 Å². The van der Waals surface area contributed by atoms with Crippen LogP contribution in [0.2, 0.25) is 0 Å². The number of benzene rings is 1. The lowest BCUT2D eigenvalue weighted by Crippen LogP contribution is -2.28. The summed E-state index contributed by atoms with van der Waals surface area (Å²) in [4.78, 5) is 4.63. The number of hydrazone groups is 1. The van der Waals surface area contributed by atoms with Gasteiger partial charge in [0.15, 0.2) is 5.17 Å². The number of aliphatic imine (C=N–C) groups is 1. The number of amidine groups is 1. The van der Waals surface area contributed by atoms with E-state index in [4.69, 9.17) is 0 Å². The van der Waals surface area contributed by atoms with E-state index in [1.54, 1.807) is 11.8 Å². The zero-order valence-electron chi connectivity index (χ0n) is 9.60. The summed E-state index contributed by atoms with van der Waals surface area (Å²) in [6, 6.07) is 10.8. The number of rotatable bonds is 2. The number of nitrogens with zero attached hydrogens (tertiary/aromatic N) is 2. The summed E-state index contributed by atoms with van der Waals surface area (Å²) in [6.45, 7) is 0. The zero-order chi connectivity index (χ0) is 11.5. The molecule has 0 radical (unpaired) electrons. The first-order valence-electron chi connectivity index (χ1n) is 6.00. The molecule has 0 unspecified atom stereocenters. The van der Waals surface area contributed by atoms with Crippen molar-refractivity contribution in [2.75, 3.05) is 5.75 Å². The first kappa shape index (κ1) is 10.8. The molecular weight excluding hydrogens is 230 g/mol. The molecule has 1 saturated carbocycles. The second-order valence-electron chi connectivity index (χ2n) is 4.34. The van der Waals surface area contributed by atoms with Crippen LogP contribution in [0.5, 0.6) is 0 Å². The predicted molar refractivity (Wildman–Crippen MR) is 73.6 cm³/mol. The number of hydrogen-bond acceptors (Lipinski definition) is 3. The quantitative estimate of drug-likeness (QED) is 0.869. The minimum Gasteiger partial charge on any atom is -0.258 e. The Morgan fingerprint density at radius 2 is 2.06 bits per heavy atom. The van der Waals surface area contributed by atoms with Gasteiger partial charge in [0.1, 0.15) is 0 Å². The monoisotopic (exact) mass is 245 g/mol. The lowest BCUT2D eigenvalue weighted by molar-refractivity contribution is 0.420. The van der Waals surface area contributed by atoms with Crippen LogP contribution in [0.4, 0.5) is 0 Å². The van der Waals surface area contributed by atoms with Crippen molar-refractivity contribution < 1.29 is 0 Å². The van der Waals surface area contributed by atoms with E-state index in [2.05, 4.69) is 27.7 Å². The van der Waals surface area contributed by atoms with Gasteiger partial charge in [-0.2, -0.15) is 5.10 Å². The largest absolute Gasteiger partial charge is 0.258 e. The first-order chi connectivity index (χ1) is 8.42. The molecule has 1 aromatic carbocycles. The molecule has 0 bridgehead atoms. The van der Waals surface area contributed by atoms with Gasteiger partial charge in [-0.15, -0.1) is 0 Å². The van der Waals surface area contributed by atoms with Crippen molar-refractivity contribution in [1.82, 2.24) is 5.43 Å². The Kier molecular flexibility index (Phi) is 3.14. The van der Waals surface area contributed by atoms with E-state index in [0.29, 0.717) is 6.04 Å². The molecule has 1 aliphatic carbocycles. The molecule has 0 amide bonds. The summed E-state index contributed by atoms with van der Waals surface area (Å²) in [5.41, 5.74) is 5.36. The molecule has 2 aliphatic rings. The van der Waals surface area contributed by atoms with Crippen molar-refractivity contribution in [2.24, 2.45) is 10.1 Å². The molecule has 4 heteroatoms. The van der Waals surface area contributed by atoms with Gasteiger partial charge in [-0.05, 0) is 24.8 Å². The highest BCUT2D eigenvalue weighted by Gasteiger charge is 2.19. The molecule has 1 aromatic rings. The fraction of sp³-hybridized carbons (Fsp3) is 0.385. The van der Waals surface area contributed by atoms with E-state index >= 15 is 0 Å². The maximum atomic E-state index is 4.63. The van der Waals surface area contributed by atoms with E-state index in [0.717, 1.165) is 16.6 Å². The maximum Gasteiger partial charge on any atom is 0.177 e. The molecule has 3 nitrogen and oxygen atoms in total. The molecule has 17 heavy (non-hydrogen) atoms. The lowest BCUT2D eigenvalue weighted by atomic mass is 9.94. The smallest absolute Gasteiger partial charge is 0.177 e. The van der Waals surface area contributed by atoms with Crippen LogP contribution < -0.4 is 5.43 Å². The fourth-order valence-corrected chi connectivity index (χ4v) is 2.68. The van der Waals surface area contributed by atoms with Crippen molar-refractivity contribution in [3.63, 3.8) is 0 Å². The van der Waals surface area contributed by atoms with Gasteiger partial charge in [-0.1, -0.05) is 42.1 Å². The van der Waals surface area contributed by atoms with Crippen molar-refractivity contribution in [3.8, 4) is 0 Å². The Balaban J connectivity index is 1.69. The van der Waals surface area contributed by atoms with Gasteiger partial charge in [-0.25, -0.2) is 0 Å². The van der Waals surface area contributed by atoms with Gasteiger partial charge in [0, 0.05) is 5.75 Å². The molecular formula is C13H15N3S. The third-order valence-electron chi connectivity index (χ3n) is 3.11. The van der Waals surface area contributed by atoms with Gasteiger partial charge in [0.2, 0.25) is 0 Å². The SMILES string of the molecule is c1ccc(C2=NNC(=NC3CCC3)SC2)cc1. The highest BCUT2D eigenvalue weighted by molar-refractivity contribution is 8.14. The molecule has 1 heterocycles. The Morgan fingerprint density at radius 1 is 1.24 bits per heavy atom. The van der Waals surface area contributed by atoms with E-state index in [-0.39, 0.29) is 0 Å². The van der Waals surface area contributed by atoms with Crippen LogP contribution in [-0.4, -0.2) is 22.7 Å². The average molecular weight is 245 g/mol. The number of nitrogens with one attached hydrogen (secondary N) is 1. The summed E-state index contributed by atoms with van der Waals surface area (Å²) < 4.78 is 0. The zero-order valence-corrected chi connectivity index (χ0v) is 10.4. The van der Waals surface area contributed by atoms with E-state index in [1.807, 2.05) is 18.2 Å². The second kappa shape index (κ2) is 4.92. The summed E-state index contributed by atoms with van der Waals surface area (Å²) in [5.74, 6) is 0.905. The Labute approximate surface area is 105 Å². The van der Waals surface area contributed by atoms with Crippen molar-refractivity contribution in [1.29, 1.82) is 0 Å². The summed E-state index contributed by atoms with van der Waals surface area (Å²) in [5, 5.41) is 5.39. The Bertz CT molecular complexity index is 449. The molecule has 0 atom stereocenters. The molecule has 88 valence electrons. The van der Waals surface area contributed by atoms with Crippen LogP contribution in [0.15, 0.2) is 40.4 Å².